The third-order valence-electron chi connectivity index (χ3n) is 4.32. The Labute approximate surface area is 129 Å². The fraction of sp³-hybridized carbons (Fsp3) is 0.222. The Morgan fingerprint density at radius 3 is 2.36 bits per heavy atom. The van der Waals surface area contributed by atoms with Crippen molar-refractivity contribution in [3.63, 3.8) is 0 Å². The molecule has 110 valence electrons. The molecule has 0 spiro atoms. The van der Waals surface area contributed by atoms with Gasteiger partial charge in [0, 0.05) is 5.39 Å². The minimum atomic E-state index is 0.199. The van der Waals surface area contributed by atoms with Gasteiger partial charge in [-0.05, 0) is 45.3 Å². The Bertz CT molecular complexity index is 984. The van der Waals surface area contributed by atoms with E-state index >= 15 is 0 Å². The van der Waals surface area contributed by atoms with Gasteiger partial charge in [0.15, 0.2) is 0 Å². The van der Waals surface area contributed by atoms with Crippen molar-refractivity contribution in [3.8, 4) is 0 Å². The number of aromatic nitrogens is 3. The Kier molecular flexibility index (Phi) is 2.87. The van der Waals surface area contributed by atoms with Crippen LogP contribution in [0.15, 0.2) is 48.5 Å². The van der Waals surface area contributed by atoms with Crippen LogP contribution in [0.4, 0.5) is 0 Å². The third kappa shape index (κ3) is 1.81. The Balaban J connectivity index is 2.24. The number of para-hydroxylation sites is 3. The van der Waals surface area contributed by atoms with Gasteiger partial charge in [0.1, 0.15) is 11.5 Å². The van der Waals surface area contributed by atoms with Gasteiger partial charge in [-0.25, -0.2) is 9.97 Å². The first kappa shape index (κ1) is 13.2. The predicted molar refractivity (Wildman–Crippen MR) is 90.1 cm³/mol. The third-order valence-corrected chi connectivity index (χ3v) is 4.32. The summed E-state index contributed by atoms with van der Waals surface area (Å²) in [6, 6.07) is 16.7. The summed E-state index contributed by atoms with van der Waals surface area (Å²) in [5, 5.41) is 1.09. The van der Waals surface area contributed by atoms with E-state index in [1.54, 1.807) is 0 Å². The Morgan fingerprint density at radius 1 is 0.909 bits per heavy atom. The summed E-state index contributed by atoms with van der Waals surface area (Å²) in [4.78, 5) is 12.0. The molecule has 22 heavy (non-hydrogen) atoms. The molecule has 0 saturated carbocycles. The van der Waals surface area contributed by atoms with Crippen LogP contribution in [0.5, 0.6) is 0 Å². The van der Waals surface area contributed by atoms with Crippen LogP contribution >= 0.6 is 0 Å². The number of fused-ring (bicyclic) bond motifs is 5. The van der Waals surface area contributed by atoms with Crippen LogP contribution < -0.4 is 0 Å². The van der Waals surface area contributed by atoms with Crippen molar-refractivity contribution in [3.05, 3.63) is 54.4 Å². The lowest BCUT2D eigenvalue weighted by atomic mass is 10.2. The molecule has 4 aromatic rings. The van der Waals surface area contributed by atoms with Crippen molar-refractivity contribution >= 4 is 27.6 Å². The minimum Gasteiger partial charge on any atom is -0.300 e. The summed E-state index contributed by atoms with van der Waals surface area (Å²) in [7, 11) is 4.15. The summed E-state index contributed by atoms with van der Waals surface area (Å²) < 4.78 is 2.20. The summed E-state index contributed by atoms with van der Waals surface area (Å²) in [6.45, 7) is 2.17. The molecule has 0 N–H and O–H groups in total. The number of nitrogens with zero attached hydrogens (tertiary/aromatic N) is 4. The zero-order valence-corrected chi connectivity index (χ0v) is 13.0. The number of hydrogen-bond donors (Lipinski definition) is 0. The average molecular weight is 290 g/mol. The molecule has 4 heteroatoms. The number of hydrogen-bond acceptors (Lipinski definition) is 3. The predicted octanol–water partition coefficient (Wildman–Crippen LogP) is 3.66. The maximum absolute atomic E-state index is 4.93. The van der Waals surface area contributed by atoms with Gasteiger partial charge in [-0.2, -0.15) is 0 Å². The smallest absolute Gasteiger partial charge is 0.148 e. The van der Waals surface area contributed by atoms with E-state index in [4.69, 9.17) is 9.97 Å². The Hall–Kier alpha value is -2.46. The summed E-state index contributed by atoms with van der Waals surface area (Å²) in [5.41, 5.74) is 4.09. The molecular formula is C18H18N4. The molecule has 0 bridgehead atoms. The highest BCUT2D eigenvalue weighted by Gasteiger charge is 2.18. The largest absolute Gasteiger partial charge is 0.300 e. The summed E-state index contributed by atoms with van der Waals surface area (Å²) in [5.74, 6) is 1.02. The Morgan fingerprint density at radius 2 is 1.59 bits per heavy atom. The van der Waals surface area contributed by atoms with Gasteiger partial charge in [0.05, 0.1) is 22.6 Å². The maximum atomic E-state index is 4.93. The van der Waals surface area contributed by atoms with Crippen molar-refractivity contribution < 1.29 is 0 Å². The van der Waals surface area contributed by atoms with Crippen LogP contribution in [0.3, 0.4) is 0 Å². The monoisotopic (exact) mass is 290 g/mol. The lowest BCUT2D eigenvalue weighted by Crippen LogP contribution is -2.20. The fourth-order valence-corrected chi connectivity index (χ4v) is 2.88. The van der Waals surface area contributed by atoms with E-state index in [2.05, 4.69) is 60.7 Å². The highest BCUT2D eigenvalue weighted by molar-refractivity contribution is 5.96. The molecule has 1 unspecified atom stereocenters. The van der Waals surface area contributed by atoms with Gasteiger partial charge in [-0.1, -0.05) is 24.3 Å². The first-order valence-corrected chi connectivity index (χ1v) is 7.49. The summed E-state index contributed by atoms with van der Waals surface area (Å²) in [6.07, 6.45) is 0. The molecule has 2 heterocycles. The first-order valence-electron chi connectivity index (χ1n) is 7.49. The van der Waals surface area contributed by atoms with E-state index < -0.39 is 0 Å². The molecule has 0 aliphatic heterocycles. The SMILES string of the molecule is CC(c1nc2ccccc2c2nc3ccccc3n12)N(C)C. The number of benzene rings is 2. The van der Waals surface area contributed by atoms with Gasteiger partial charge < -0.3 is 0 Å². The second-order valence-corrected chi connectivity index (χ2v) is 5.89. The molecule has 0 aliphatic rings. The van der Waals surface area contributed by atoms with Crippen LogP contribution in [-0.4, -0.2) is 33.4 Å². The molecule has 0 radical (unpaired) electrons. The molecular weight excluding hydrogens is 272 g/mol. The molecule has 2 aromatic heterocycles. The molecule has 0 saturated heterocycles. The molecule has 0 amide bonds. The first-order chi connectivity index (χ1) is 10.7. The van der Waals surface area contributed by atoms with Gasteiger partial charge in [-0.15, -0.1) is 0 Å². The van der Waals surface area contributed by atoms with Crippen molar-refractivity contribution in [2.75, 3.05) is 14.1 Å². The van der Waals surface area contributed by atoms with E-state index in [-0.39, 0.29) is 6.04 Å². The standard InChI is InChI=1S/C18H18N4/c1-12(21(2)3)17-19-14-9-5-4-8-13(14)18-20-15-10-6-7-11-16(15)22(17)18/h4-12H,1-3H3. The van der Waals surface area contributed by atoms with Gasteiger partial charge in [0.2, 0.25) is 0 Å². The van der Waals surface area contributed by atoms with Gasteiger partial charge in [0.25, 0.3) is 0 Å². The number of imidazole rings is 1. The highest BCUT2D eigenvalue weighted by Crippen LogP contribution is 2.28. The maximum Gasteiger partial charge on any atom is 0.148 e. The minimum absolute atomic E-state index is 0.199. The second kappa shape index (κ2) is 4.78. The highest BCUT2D eigenvalue weighted by atomic mass is 15.2. The van der Waals surface area contributed by atoms with Crippen LogP contribution in [-0.2, 0) is 0 Å². The van der Waals surface area contributed by atoms with E-state index in [1.165, 1.54) is 0 Å². The van der Waals surface area contributed by atoms with E-state index in [0.29, 0.717) is 0 Å². The number of rotatable bonds is 2. The van der Waals surface area contributed by atoms with Gasteiger partial charge >= 0.3 is 0 Å². The quantitative estimate of drug-likeness (QED) is 0.565. The lowest BCUT2D eigenvalue weighted by molar-refractivity contribution is 0.308. The van der Waals surface area contributed by atoms with E-state index in [1.807, 2.05) is 18.2 Å². The molecule has 2 aromatic carbocycles. The fourth-order valence-electron chi connectivity index (χ4n) is 2.88. The van der Waals surface area contributed by atoms with Crippen molar-refractivity contribution in [1.82, 2.24) is 19.3 Å². The van der Waals surface area contributed by atoms with Crippen LogP contribution in [0.2, 0.25) is 0 Å². The van der Waals surface area contributed by atoms with Crippen LogP contribution in [0, 0.1) is 0 Å². The average Bonchev–Trinajstić information content (AvgIpc) is 2.93. The zero-order chi connectivity index (χ0) is 15.3. The molecule has 1 atom stereocenters. The van der Waals surface area contributed by atoms with Crippen molar-refractivity contribution in [1.29, 1.82) is 0 Å². The second-order valence-electron chi connectivity index (χ2n) is 5.89. The molecule has 4 rings (SSSR count). The molecule has 4 nitrogen and oxygen atoms in total. The normalized spacial score (nSPS) is 13.5. The van der Waals surface area contributed by atoms with Crippen molar-refractivity contribution in [2.45, 2.75) is 13.0 Å². The van der Waals surface area contributed by atoms with Crippen LogP contribution in [0.1, 0.15) is 18.8 Å². The van der Waals surface area contributed by atoms with Crippen molar-refractivity contribution in [2.24, 2.45) is 0 Å². The van der Waals surface area contributed by atoms with E-state index in [0.717, 1.165) is 33.4 Å². The van der Waals surface area contributed by atoms with E-state index in [9.17, 15) is 0 Å². The zero-order valence-electron chi connectivity index (χ0n) is 13.0. The van der Waals surface area contributed by atoms with Gasteiger partial charge in [-0.3, -0.25) is 9.30 Å². The lowest BCUT2D eigenvalue weighted by Gasteiger charge is -2.21. The van der Waals surface area contributed by atoms with Crippen LogP contribution in [0.25, 0.3) is 27.6 Å². The molecule has 0 aliphatic carbocycles. The topological polar surface area (TPSA) is 33.4 Å². The molecule has 0 fully saturated rings. The summed E-state index contributed by atoms with van der Waals surface area (Å²) >= 11 is 0.